The fourth-order valence-electron chi connectivity index (χ4n) is 8.74. The van der Waals surface area contributed by atoms with Crippen molar-refractivity contribution in [2.45, 2.75) is 290 Å². The first-order valence-electron chi connectivity index (χ1n) is 31.2. The van der Waals surface area contributed by atoms with Crippen LogP contribution in [-0.2, 0) is 27.9 Å². The van der Waals surface area contributed by atoms with E-state index in [9.17, 15) is 19.0 Å². The molecule has 0 saturated carbocycles. The van der Waals surface area contributed by atoms with E-state index in [1.54, 1.807) is 0 Å². The summed E-state index contributed by atoms with van der Waals surface area (Å²) in [7, 11) is 1.17. The Morgan fingerprint density at radius 3 is 1.25 bits per heavy atom. The second-order valence-electron chi connectivity index (χ2n) is 22.2. The van der Waals surface area contributed by atoms with Crippen LogP contribution in [0, 0.1) is 0 Å². The van der Waals surface area contributed by atoms with E-state index < -0.39 is 26.6 Å². The molecule has 0 aliphatic rings. The van der Waals surface area contributed by atoms with Crippen LogP contribution in [0.2, 0.25) is 0 Å². The first-order valence-corrected chi connectivity index (χ1v) is 32.7. The van der Waals surface area contributed by atoms with Gasteiger partial charge in [0.15, 0.2) is 0 Å². The normalized spacial score (nSPS) is 14.2. The molecule has 75 heavy (non-hydrogen) atoms. The molecule has 10 heteroatoms. The van der Waals surface area contributed by atoms with Crippen LogP contribution in [0.15, 0.2) is 72.9 Å². The number of phosphoric acid groups is 1. The Labute approximate surface area is 463 Å². The van der Waals surface area contributed by atoms with Crippen LogP contribution in [0.5, 0.6) is 0 Å². The standard InChI is InChI=1S/C65H119N2O7P/c1-7-10-13-16-19-22-25-27-29-31-32-33-34-36-37-39-42-45-48-51-54-57-64(68)66-62(61-73-75(70,71)72-60-59-67(4,5)6)63(56-53-50-47-44-41-24-21-18-15-12-9-3)74-65(69)58-55-52-49-46-43-40-38-35-30-28-26-23-20-17-14-11-8-2/h19,22,27-30,32-33,36-37,53,56,62-63H,7-18,20-21,23-26,31,34-35,38-52,54-55,57-61H2,1-6H3,(H-,66,68,70,71)/b22-19-,29-27-,30-28+,33-32-,37-36-,56-53-. The molecule has 436 valence electrons. The number of hydrogen-bond acceptors (Lipinski definition) is 7. The molecular formula is C65H119N2O7P. The summed E-state index contributed by atoms with van der Waals surface area (Å²) in [5.41, 5.74) is 0. The van der Waals surface area contributed by atoms with E-state index >= 15 is 0 Å². The second-order valence-corrected chi connectivity index (χ2v) is 23.6. The fraction of sp³-hybridized carbons (Fsp3) is 0.785. The lowest BCUT2D eigenvalue weighted by atomic mass is 10.1. The zero-order valence-corrected chi connectivity index (χ0v) is 50.6. The van der Waals surface area contributed by atoms with Gasteiger partial charge in [0, 0.05) is 12.8 Å². The highest BCUT2D eigenvalue weighted by Crippen LogP contribution is 2.38. The summed E-state index contributed by atoms with van der Waals surface area (Å²) in [6, 6.07) is -0.902. The van der Waals surface area contributed by atoms with Gasteiger partial charge < -0.3 is 28.5 Å². The number of ether oxygens (including phenoxy) is 1. The molecule has 0 aromatic carbocycles. The SMILES string of the molecule is CCCCC/C=C\C/C=C\C/C=C\C/C=C\CCCCCCCC(=O)NC(COP(=O)([O-])OCC[N+](C)(C)C)C(/C=C\CCCCCCCCCCC)OC(=O)CCCCCCCCC/C=C/CCCCCCCC. The first kappa shape index (κ1) is 72.5. The quantitative estimate of drug-likeness (QED) is 0.0212. The van der Waals surface area contributed by atoms with Gasteiger partial charge in [-0.05, 0) is 102 Å². The van der Waals surface area contributed by atoms with E-state index in [-0.39, 0.29) is 24.9 Å². The van der Waals surface area contributed by atoms with Crippen LogP contribution in [0.1, 0.15) is 278 Å². The number of allylic oxidation sites excluding steroid dienone is 11. The van der Waals surface area contributed by atoms with Gasteiger partial charge in [0.2, 0.25) is 5.91 Å². The van der Waals surface area contributed by atoms with Crippen molar-refractivity contribution >= 4 is 19.7 Å². The van der Waals surface area contributed by atoms with Gasteiger partial charge >= 0.3 is 5.97 Å². The number of carbonyl (C=O) groups is 2. The molecule has 1 amide bonds. The Balaban J connectivity index is 5.26. The number of phosphoric ester groups is 1. The average molecular weight is 1070 g/mol. The maximum atomic E-state index is 13.5. The van der Waals surface area contributed by atoms with Crippen LogP contribution >= 0.6 is 7.82 Å². The molecule has 0 aliphatic heterocycles. The van der Waals surface area contributed by atoms with Crippen LogP contribution < -0.4 is 10.2 Å². The molecule has 0 spiro atoms. The van der Waals surface area contributed by atoms with Crippen LogP contribution in [0.25, 0.3) is 0 Å². The number of nitrogens with one attached hydrogen (secondary N) is 1. The molecule has 0 aromatic heterocycles. The Bertz CT molecular complexity index is 1510. The van der Waals surface area contributed by atoms with Crippen molar-refractivity contribution in [1.29, 1.82) is 0 Å². The van der Waals surface area contributed by atoms with Crippen molar-refractivity contribution in [2.24, 2.45) is 0 Å². The summed E-state index contributed by atoms with van der Waals surface area (Å²) in [5, 5.41) is 3.02. The van der Waals surface area contributed by atoms with Crippen molar-refractivity contribution in [3.05, 3.63) is 72.9 Å². The fourth-order valence-corrected chi connectivity index (χ4v) is 9.46. The Hall–Kier alpha value is -2.55. The third-order valence-electron chi connectivity index (χ3n) is 13.6. The molecule has 0 bridgehead atoms. The number of rotatable bonds is 56. The van der Waals surface area contributed by atoms with Crippen molar-refractivity contribution in [3.63, 3.8) is 0 Å². The molecule has 0 aliphatic carbocycles. The molecule has 1 N–H and O–H groups in total. The maximum absolute atomic E-state index is 13.5. The lowest BCUT2D eigenvalue weighted by Crippen LogP contribution is -2.47. The Morgan fingerprint density at radius 2 is 0.813 bits per heavy atom. The van der Waals surface area contributed by atoms with E-state index in [0.29, 0.717) is 23.9 Å². The number of nitrogens with zero attached hydrogens (tertiary/aromatic N) is 1. The summed E-state index contributed by atoms with van der Waals surface area (Å²) in [4.78, 5) is 40.0. The molecule has 0 fully saturated rings. The predicted molar refractivity (Wildman–Crippen MR) is 321 cm³/mol. The monoisotopic (exact) mass is 1070 g/mol. The summed E-state index contributed by atoms with van der Waals surface area (Å²) in [6.45, 7) is 6.79. The zero-order valence-electron chi connectivity index (χ0n) is 49.7. The maximum Gasteiger partial charge on any atom is 0.306 e. The first-order chi connectivity index (χ1) is 36.4. The van der Waals surface area contributed by atoms with Gasteiger partial charge in [0.1, 0.15) is 19.3 Å². The minimum absolute atomic E-state index is 0.0291. The van der Waals surface area contributed by atoms with Gasteiger partial charge in [-0.2, -0.15) is 0 Å². The molecule has 0 saturated heterocycles. The van der Waals surface area contributed by atoms with Gasteiger partial charge in [-0.25, -0.2) is 0 Å². The molecule has 3 atom stereocenters. The number of likely N-dealkylation sites (N-methyl/N-ethyl adjacent to an activating group) is 1. The minimum atomic E-state index is -4.71. The van der Waals surface area contributed by atoms with Crippen molar-refractivity contribution in [1.82, 2.24) is 5.32 Å². The Morgan fingerprint density at radius 1 is 0.467 bits per heavy atom. The van der Waals surface area contributed by atoms with Crippen LogP contribution in [0.4, 0.5) is 0 Å². The van der Waals surface area contributed by atoms with E-state index in [4.69, 9.17) is 13.8 Å². The summed E-state index contributed by atoms with van der Waals surface area (Å²) in [6.07, 6.45) is 70.1. The van der Waals surface area contributed by atoms with Crippen LogP contribution in [0.3, 0.4) is 0 Å². The summed E-state index contributed by atoms with van der Waals surface area (Å²) in [5.74, 6) is -0.565. The van der Waals surface area contributed by atoms with Gasteiger partial charge in [0.25, 0.3) is 7.82 Å². The highest BCUT2D eigenvalue weighted by atomic mass is 31.2. The van der Waals surface area contributed by atoms with Crippen molar-refractivity contribution in [2.75, 3.05) is 40.9 Å². The van der Waals surface area contributed by atoms with Crippen molar-refractivity contribution in [3.8, 4) is 0 Å². The molecule has 0 heterocycles. The number of quaternary nitrogens is 1. The molecule has 9 nitrogen and oxygen atoms in total. The largest absolute Gasteiger partial charge is 0.756 e. The third kappa shape index (κ3) is 56.0. The smallest absolute Gasteiger partial charge is 0.306 e. The molecular weight excluding hydrogens is 952 g/mol. The Kier molecular flexibility index (Phi) is 52.9. The number of esters is 1. The molecule has 0 rings (SSSR count). The predicted octanol–water partition coefficient (Wildman–Crippen LogP) is 18.6. The molecule has 0 radical (unpaired) electrons. The van der Waals surface area contributed by atoms with E-state index in [0.717, 1.165) is 103 Å². The zero-order chi connectivity index (χ0) is 55.0. The highest BCUT2D eigenvalue weighted by Gasteiger charge is 2.27. The summed E-state index contributed by atoms with van der Waals surface area (Å²) < 4.78 is 30.3. The highest BCUT2D eigenvalue weighted by molar-refractivity contribution is 7.45. The number of carbonyl (C=O) groups excluding carboxylic acids is 2. The van der Waals surface area contributed by atoms with Gasteiger partial charge in [-0.1, -0.05) is 235 Å². The number of unbranched alkanes of at least 4 members (excludes halogenated alkanes) is 30. The summed E-state index contributed by atoms with van der Waals surface area (Å²) >= 11 is 0. The number of hydrogen-bond donors (Lipinski definition) is 1. The molecule has 0 aromatic rings. The third-order valence-corrected chi connectivity index (χ3v) is 14.6. The second kappa shape index (κ2) is 54.8. The van der Waals surface area contributed by atoms with E-state index in [2.05, 4.69) is 86.8 Å². The van der Waals surface area contributed by atoms with Crippen LogP contribution in [-0.4, -0.2) is 69.4 Å². The van der Waals surface area contributed by atoms with Gasteiger partial charge in [-0.15, -0.1) is 0 Å². The lowest BCUT2D eigenvalue weighted by Gasteiger charge is -2.30. The van der Waals surface area contributed by atoms with E-state index in [1.165, 1.54) is 135 Å². The topological polar surface area (TPSA) is 114 Å². The molecule has 3 unspecified atom stereocenters. The van der Waals surface area contributed by atoms with E-state index in [1.807, 2.05) is 33.3 Å². The lowest BCUT2D eigenvalue weighted by molar-refractivity contribution is -0.870. The minimum Gasteiger partial charge on any atom is -0.756 e. The van der Waals surface area contributed by atoms with Gasteiger partial charge in [0.05, 0.1) is 33.8 Å². The number of amides is 1. The van der Waals surface area contributed by atoms with Crippen molar-refractivity contribution < 1.29 is 37.3 Å². The average Bonchev–Trinajstić information content (AvgIpc) is 3.37. The van der Waals surface area contributed by atoms with Gasteiger partial charge in [-0.3, -0.25) is 14.2 Å².